The quantitative estimate of drug-likeness (QED) is 0.923. The number of sulfonamides is 1. The lowest BCUT2D eigenvalue weighted by atomic mass is 9.43. The van der Waals surface area contributed by atoms with Crippen molar-refractivity contribution in [3.05, 3.63) is 30.3 Å². The fourth-order valence-electron chi connectivity index (χ4n) is 6.51. The highest BCUT2D eigenvalue weighted by Gasteiger charge is 2.61. The summed E-state index contributed by atoms with van der Waals surface area (Å²) >= 11 is 0. The second-order valence-electron chi connectivity index (χ2n) is 8.83. The van der Waals surface area contributed by atoms with Crippen molar-refractivity contribution in [2.24, 2.45) is 16.7 Å². The van der Waals surface area contributed by atoms with Gasteiger partial charge in [-0.05, 0) is 67.4 Å². The predicted octanol–water partition coefficient (Wildman–Crippen LogP) is 3.71. The second-order valence-corrected chi connectivity index (χ2v) is 10.5. The molecule has 3 nitrogen and oxygen atoms in total. The van der Waals surface area contributed by atoms with E-state index in [1.54, 1.807) is 24.3 Å². The monoisotopic (exact) mass is 319 g/mol. The fraction of sp³-hybridized carbons (Fsp3) is 0.667. The molecule has 4 atom stereocenters. The summed E-state index contributed by atoms with van der Waals surface area (Å²) in [6.45, 7) is 4.72. The first-order valence-corrected chi connectivity index (χ1v) is 9.79. The van der Waals surface area contributed by atoms with Crippen molar-refractivity contribution < 1.29 is 8.42 Å². The van der Waals surface area contributed by atoms with Crippen LogP contribution in [0.4, 0.5) is 0 Å². The first-order valence-electron chi connectivity index (χ1n) is 8.31. The van der Waals surface area contributed by atoms with Crippen LogP contribution in [0.1, 0.15) is 52.4 Å². The molecule has 1 aromatic rings. The second kappa shape index (κ2) is 4.35. The van der Waals surface area contributed by atoms with E-state index in [9.17, 15) is 8.42 Å². The molecule has 22 heavy (non-hydrogen) atoms. The smallest absolute Gasteiger partial charge is 0.207 e. The molecular weight excluding hydrogens is 294 g/mol. The van der Waals surface area contributed by atoms with Crippen LogP contribution in [0.25, 0.3) is 0 Å². The van der Waals surface area contributed by atoms with E-state index in [4.69, 9.17) is 0 Å². The van der Waals surface area contributed by atoms with Gasteiger partial charge in [-0.1, -0.05) is 32.0 Å². The molecule has 4 aliphatic carbocycles. The zero-order valence-corrected chi connectivity index (χ0v) is 14.2. The summed E-state index contributed by atoms with van der Waals surface area (Å²) in [6, 6.07) is 8.80. The topological polar surface area (TPSA) is 46.2 Å². The lowest BCUT2D eigenvalue weighted by Crippen LogP contribution is -2.65. The summed E-state index contributed by atoms with van der Waals surface area (Å²) in [7, 11) is -3.43. The van der Waals surface area contributed by atoms with Crippen LogP contribution in [0.5, 0.6) is 0 Å². The Labute approximate surface area is 133 Å². The molecule has 0 spiro atoms. The number of hydrogen-bond acceptors (Lipinski definition) is 2. The fourth-order valence-corrected chi connectivity index (χ4v) is 7.94. The Kier molecular flexibility index (Phi) is 2.91. The van der Waals surface area contributed by atoms with Crippen LogP contribution in [-0.2, 0) is 10.0 Å². The molecule has 4 saturated carbocycles. The molecular formula is C18H25NO2S. The van der Waals surface area contributed by atoms with E-state index in [2.05, 4.69) is 18.6 Å². The third-order valence-corrected chi connectivity index (χ3v) is 7.63. The number of hydrogen-bond donors (Lipinski definition) is 1. The van der Waals surface area contributed by atoms with Gasteiger partial charge in [0.2, 0.25) is 10.0 Å². The molecule has 0 aliphatic heterocycles. The maximum absolute atomic E-state index is 12.8. The van der Waals surface area contributed by atoms with E-state index in [-0.39, 0.29) is 5.54 Å². The molecule has 0 saturated heterocycles. The van der Waals surface area contributed by atoms with Gasteiger partial charge in [-0.15, -0.1) is 0 Å². The molecule has 4 bridgehead atoms. The third kappa shape index (κ3) is 2.31. The van der Waals surface area contributed by atoms with Gasteiger partial charge < -0.3 is 0 Å². The van der Waals surface area contributed by atoms with Crippen molar-refractivity contribution in [3.8, 4) is 0 Å². The van der Waals surface area contributed by atoms with Crippen molar-refractivity contribution in [2.75, 3.05) is 0 Å². The van der Waals surface area contributed by atoms with Crippen LogP contribution < -0.4 is 4.72 Å². The summed E-state index contributed by atoms with van der Waals surface area (Å²) in [6.07, 6.45) is 6.82. The van der Waals surface area contributed by atoms with E-state index in [0.717, 1.165) is 19.3 Å². The molecule has 4 heteroatoms. The molecule has 0 radical (unpaired) electrons. The largest absolute Gasteiger partial charge is 0.241 e. The first kappa shape index (κ1) is 14.7. The van der Waals surface area contributed by atoms with Crippen molar-refractivity contribution in [1.29, 1.82) is 0 Å². The molecule has 0 heterocycles. The molecule has 1 aromatic carbocycles. The van der Waals surface area contributed by atoms with Gasteiger partial charge in [0.15, 0.2) is 0 Å². The average molecular weight is 319 g/mol. The minimum absolute atomic E-state index is 0.225. The lowest BCUT2D eigenvalue weighted by Gasteiger charge is -2.65. The molecule has 1 N–H and O–H groups in total. The van der Waals surface area contributed by atoms with Gasteiger partial charge in [0.05, 0.1) is 4.90 Å². The van der Waals surface area contributed by atoms with Gasteiger partial charge in [-0.2, -0.15) is 0 Å². The highest BCUT2D eigenvalue weighted by molar-refractivity contribution is 7.89. The van der Waals surface area contributed by atoms with Crippen LogP contribution in [-0.4, -0.2) is 14.0 Å². The Balaban J connectivity index is 1.68. The maximum Gasteiger partial charge on any atom is 0.241 e. The van der Waals surface area contributed by atoms with E-state index >= 15 is 0 Å². The zero-order chi connectivity index (χ0) is 15.6. The highest BCUT2D eigenvalue weighted by Crippen LogP contribution is 2.66. The number of benzene rings is 1. The van der Waals surface area contributed by atoms with Gasteiger partial charge in [-0.25, -0.2) is 13.1 Å². The van der Waals surface area contributed by atoms with E-state index in [0.29, 0.717) is 21.6 Å². The molecule has 4 fully saturated rings. The molecule has 5 rings (SSSR count). The number of nitrogens with one attached hydrogen (secondary N) is 1. The molecule has 0 aromatic heterocycles. The Morgan fingerprint density at radius 3 is 2.09 bits per heavy atom. The third-order valence-electron chi connectivity index (χ3n) is 6.03. The predicted molar refractivity (Wildman–Crippen MR) is 86.9 cm³/mol. The maximum atomic E-state index is 12.8. The van der Waals surface area contributed by atoms with Crippen LogP contribution >= 0.6 is 0 Å². The zero-order valence-electron chi connectivity index (χ0n) is 13.4. The van der Waals surface area contributed by atoms with Gasteiger partial charge in [0.1, 0.15) is 0 Å². The molecule has 4 aliphatic rings. The van der Waals surface area contributed by atoms with E-state index in [1.165, 1.54) is 19.3 Å². The van der Waals surface area contributed by atoms with Crippen molar-refractivity contribution >= 4 is 10.0 Å². The minimum Gasteiger partial charge on any atom is -0.207 e. The van der Waals surface area contributed by atoms with Crippen LogP contribution in [0, 0.1) is 16.7 Å². The summed E-state index contributed by atoms with van der Waals surface area (Å²) in [5, 5.41) is 0. The Morgan fingerprint density at radius 2 is 1.55 bits per heavy atom. The molecule has 2 unspecified atom stereocenters. The first-order chi connectivity index (χ1) is 10.2. The van der Waals surface area contributed by atoms with Crippen LogP contribution in [0.3, 0.4) is 0 Å². The standard InChI is InChI=1S/C18H25NO2S/c1-16-8-14-9-17(2,11-16)13-18(10-14,12-16)19-22(20,21)15-6-4-3-5-7-15/h3-7,14,19H,8-13H2,1-2H3/t14?,16-,17+,18?. The Hall–Kier alpha value is -0.870. The van der Waals surface area contributed by atoms with Crippen molar-refractivity contribution in [3.63, 3.8) is 0 Å². The summed E-state index contributed by atoms with van der Waals surface area (Å²) in [5.74, 6) is 0.685. The van der Waals surface area contributed by atoms with Crippen molar-refractivity contribution in [1.82, 2.24) is 4.72 Å². The SMILES string of the molecule is C[C@]12CC3CC(NS(=O)(=O)c4ccccc4)(C1)C[C@@](C)(C3)C2. The summed E-state index contributed by atoms with van der Waals surface area (Å²) in [5.41, 5.74) is 0.401. The van der Waals surface area contributed by atoms with Crippen molar-refractivity contribution in [2.45, 2.75) is 62.8 Å². The van der Waals surface area contributed by atoms with Gasteiger partial charge >= 0.3 is 0 Å². The van der Waals surface area contributed by atoms with Gasteiger partial charge in [0.25, 0.3) is 0 Å². The van der Waals surface area contributed by atoms with Crippen LogP contribution in [0.15, 0.2) is 35.2 Å². The van der Waals surface area contributed by atoms with E-state index in [1.807, 2.05) is 6.07 Å². The lowest BCUT2D eigenvalue weighted by molar-refractivity contribution is -0.110. The summed E-state index contributed by atoms with van der Waals surface area (Å²) < 4.78 is 28.8. The Morgan fingerprint density at radius 1 is 0.955 bits per heavy atom. The van der Waals surface area contributed by atoms with Crippen LogP contribution in [0.2, 0.25) is 0 Å². The number of rotatable bonds is 3. The minimum atomic E-state index is -3.43. The van der Waals surface area contributed by atoms with E-state index < -0.39 is 10.0 Å². The molecule has 120 valence electrons. The average Bonchev–Trinajstić information content (AvgIpc) is 2.34. The highest BCUT2D eigenvalue weighted by atomic mass is 32.2. The van der Waals surface area contributed by atoms with Gasteiger partial charge in [-0.3, -0.25) is 0 Å². The normalized spacial score (nSPS) is 43.5. The van der Waals surface area contributed by atoms with Gasteiger partial charge in [0, 0.05) is 5.54 Å². The Bertz CT molecular complexity index is 679. The molecule has 0 amide bonds. The summed E-state index contributed by atoms with van der Waals surface area (Å²) in [4.78, 5) is 0.390.